The lowest BCUT2D eigenvalue weighted by Crippen LogP contribution is -2.32. The Balaban J connectivity index is 1.60. The first-order valence-electron chi connectivity index (χ1n) is 9.89. The number of likely N-dealkylation sites (tertiary alicyclic amines) is 1. The summed E-state index contributed by atoms with van der Waals surface area (Å²) in [5.41, 5.74) is 1.02. The molecule has 1 aliphatic heterocycles. The molecule has 3 rings (SSSR count). The van der Waals surface area contributed by atoms with E-state index < -0.39 is 10.0 Å². The van der Waals surface area contributed by atoms with E-state index in [1.54, 1.807) is 38.8 Å². The normalized spacial score (nSPS) is 16.8. The second-order valence-electron chi connectivity index (χ2n) is 7.22. The molecule has 1 fully saturated rings. The van der Waals surface area contributed by atoms with Gasteiger partial charge in [-0.05, 0) is 48.4 Å². The van der Waals surface area contributed by atoms with Gasteiger partial charge in [-0.25, -0.2) is 12.7 Å². The van der Waals surface area contributed by atoms with Gasteiger partial charge < -0.3 is 14.4 Å². The van der Waals surface area contributed by atoms with E-state index in [0.717, 1.165) is 18.4 Å². The van der Waals surface area contributed by atoms with Crippen molar-refractivity contribution in [1.29, 1.82) is 0 Å². The van der Waals surface area contributed by atoms with E-state index in [4.69, 9.17) is 9.47 Å². The smallest absolute Gasteiger partial charge is 0.252 e. The quantitative estimate of drug-likeness (QED) is 0.582. The van der Waals surface area contributed by atoms with Gasteiger partial charge in [-0.15, -0.1) is 11.3 Å². The van der Waals surface area contributed by atoms with Crippen LogP contribution in [0.25, 0.3) is 0 Å². The Morgan fingerprint density at radius 3 is 2.67 bits per heavy atom. The molecule has 2 heterocycles. The molecule has 1 saturated heterocycles. The number of amides is 1. The van der Waals surface area contributed by atoms with Crippen LogP contribution in [0, 0.1) is 0 Å². The predicted molar refractivity (Wildman–Crippen MR) is 117 cm³/mol. The average molecular weight is 453 g/mol. The van der Waals surface area contributed by atoms with Gasteiger partial charge in [-0.3, -0.25) is 4.79 Å². The molecule has 0 unspecified atom stereocenters. The number of hydrogen-bond donors (Lipinski definition) is 0. The van der Waals surface area contributed by atoms with Crippen molar-refractivity contribution >= 4 is 27.3 Å². The highest BCUT2D eigenvalue weighted by molar-refractivity contribution is 7.91. The summed E-state index contributed by atoms with van der Waals surface area (Å²) in [5, 5.41) is 1.74. The fourth-order valence-corrected chi connectivity index (χ4v) is 6.16. The highest BCUT2D eigenvalue weighted by Crippen LogP contribution is 2.37. The molecule has 1 aliphatic rings. The van der Waals surface area contributed by atoms with Crippen molar-refractivity contribution in [2.45, 2.75) is 35.9 Å². The Morgan fingerprint density at radius 2 is 2.00 bits per heavy atom. The van der Waals surface area contributed by atoms with E-state index in [0.29, 0.717) is 41.6 Å². The van der Waals surface area contributed by atoms with E-state index in [1.165, 1.54) is 15.6 Å². The molecule has 0 saturated carbocycles. The first-order chi connectivity index (χ1) is 14.4. The van der Waals surface area contributed by atoms with Crippen LogP contribution in [-0.4, -0.2) is 57.9 Å². The standard InChI is InChI=1S/C21H28N2O5S2/c1-22(30(25,26)21-9-6-14-29-21)12-5-8-20(24)23-13-4-7-17(23)16-10-11-18(27-2)19(15-16)28-3/h6,9-11,14-15,17H,4-5,7-8,12-13H2,1-3H3/t17-/m1/s1. The Labute approximate surface area is 182 Å². The van der Waals surface area contributed by atoms with Crippen LogP contribution >= 0.6 is 11.3 Å². The number of sulfonamides is 1. The lowest BCUT2D eigenvalue weighted by atomic mass is 10.0. The first-order valence-corrected chi connectivity index (χ1v) is 12.2. The molecule has 9 heteroatoms. The van der Waals surface area contributed by atoms with Crippen LogP contribution in [0.1, 0.15) is 37.3 Å². The van der Waals surface area contributed by atoms with Gasteiger partial charge in [0.05, 0.1) is 20.3 Å². The van der Waals surface area contributed by atoms with Crippen LogP contribution in [0.5, 0.6) is 11.5 Å². The zero-order chi connectivity index (χ0) is 21.7. The van der Waals surface area contributed by atoms with Gasteiger partial charge in [0, 0.05) is 26.6 Å². The van der Waals surface area contributed by atoms with Crippen LogP contribution in [0.3, 0.4) is 0 Å². The highest BCUT2D eigenvalue weighted by atomic mass is 32.2. The summed E-state index contributed by atoms with van der Waals surface area (Å²) >= 11 is 1.20. The van der Waals surface area contributed by atoms with Crippen LogP contribution in [0.2, 0.25) is 0 Å². The number of carbonyl (C=O) groups excluding carboxylic acids is 1. The number of thiophene rings is 1. The largest absolute Gasteiger partial charge is 0.493 e. The Kier molecular flexibility index (Phi) is 7.38. The van der Waals surface area contributed by atoms with Crippen LogP contribution in [-0.2, 0) is 14.8 Å². The molecule has 164 valence electrons. The summed E-state index contributed by atoms with van der Waals surface area (Å²) in [5.74, 6) is 1.36. The van der Waals surface area contributed by atoms with E-state index in [1.807, 2.05) is 23.1 Å². The van der Waals surface area contributed by atoms with Crippen LogP contribution < -0.4 is 9.47 Å². The Morgan fingerprint density at radius 1 is 1.23 bits per heavy atom. The van der Waals surface area contributed by atoms with E-state index in [9.17, 15) is 13.2 Å². The summed E-state index contributed by atoms with van der Waals surface area (Å²) in [7, 11) is 1.27. The van der Waals surface area contributed by atoms with Crippen molar-refractivity contribution in [2.75, 3.05) is 34.4 Å². The number of nitrogens with zero attached hydrogens (tertiary/aromatic N) is 2. The van der Waals surface area contributed by atoms with Crippen LogP contribution in [0.15, 0.2) is 39.9 Å². The van der Waals surface area contributed by atoms with E-state index in [2.05, 4.69) is 0 Å². The van der Waals surface area contributed by atoms with Crippen molar-refractivity contribution < 1.29 is 22.7 Å². The molecule has 0 bridgehead atoms. The van der Waals surface area contributed by atoms with Gasteiger partial charge in [0.2, 0.25) is 5.91 Å². The Hall–Kier alpha value is -2.10. The molecule has 7 nitrogen and oxygen atoms in total. The first kappa shape index (κ1) is 22.6. The molecule has 30 heavy (non-hydrogen) atoms. The monoisotopic (exact) mass is 452 g/mol. The van der Waals surface area contributed by atoms with Crippen molar-refractivity contribution in [1.82, 2.24) is 9.21 Å². The third-order valence-electron chi connectivity index (χ3n) is 5.39. The SMILES string of the molecule is COc1ccc([C@H]2CCCN2C(=O)CCCN(C)S(=O)(=O)c2cccs2)cc1OC. The van der Waals surface area contributed by atoms with E-state index in [-0.39, 0.29) is 11.9 Å². The van der Waals surface area contributed by atoms with Gasteiger partial charge in [0.1, 0.15) is 4.21 Å². The third-order valence-corrected chi connectivity index (χ3v) is 8.62. The number of methoxy groups -OCH3 is 2. The number of carbonyl (C=O) groups is 1. The van der Waals surface area contributed by atoms with Gasteiger partial charge >= 0.3 is 0 Å². The maximum Gasteiger partial charge on any atom is 0.252 e. The van der Waals surface area contributed by atoms with E-state index >= 15 is 0 Å². The topological polar surface area (TPSA) is 76.2 Å². The van der Waals surface area contributed by atoms with Gasteiger partial charge in [0.25, 0.3) is 10.0 Å². The molecule has 1 aromatic carbocycles. The molecule has 0 aliphatic carbocycles. The summed E-state index contributed by atoms with van der Waals surface area (Å²) in [6, 6.07) is 9.08. The number of ether oxygens (including phenoxy) is 2. The third kappa shape index (κ3) is 4.79. The zero-order valence-corrected chi connectivity index (χ0v) is 19.2. The average Bonchev–Trinajstić information content (AvgIpc) is 3.45. The van der Waals surface area contributed by atoms with Crippen molar-refractivity contribution in [2.24, 2.45) is 0 Å². The lowest BCUT2D eigenvalue weighted by molar-refractivity contribution is -0.132. The van der Waals surface area contributed by atoms with Crippen LogP contribution in [0.4, 0.5) is 0 Å². The fraction of sp³-hybridized carbons (Fsp3) is 0.476. The Bertz CT molecular complexity index is 960. The summed E-state index contributed by atoms with van der Waals surface area (Å²) < 4.78 is 37.3. The molecule has 0 radical (unpaired) electrons. The second-order valence-corrected chi connectivity index (χ2v) is 10.4. The summed E-state index contributed by atoms with van der Waals surface area (Å²) in [4.78, 5) is 14.8. The van der Waals surface area contributed by atoms with Gasteiger partial charge in [0.15, 0.2) is 11.5 Å². The minimum Gasteiger partial charge on any atom is -0.493 e. The maximum atomic E-state index is 12.9. The number of benzene rings is 1. The second kappa shape index (κ2) is 9.80. The van der Waals surface area contributed by atoms with Gasteiger partial charge in [-0.1, -0.05) is 12.1 Å². The van der Waals surface area contributed by atoms with Crippen molar-refractivity contribution in [3.05, 3.63) is 41.3 Å². The maximum absolute atomic E-state index is 12.9. The number of rotatable bonds is 9. The predicted octanol–water partition coefficient (Wildman–Crippen LogP) is 3.53. The van der Waals surface area contributed by atoms with Gasteiger partial charge in [-0.2, -0.15) is 0 Å². The van der Waals surface area contributed by atoms with Crippen molar-refractivity contribution in [3.63, 3.8) is 0 Å². The molecule has 1 atom stereocenters. The minimum atomic E-state index is -3.48. The molecular formula is C21H28N2O5S2. The molecule has 2 aromatic rings. The summed E-state index contributed by atoms with van der Waals surface area (Å²) in [6.45, 7) is 1.02. The molecule has 0 spiro atoms. The zero-order valence-electron chi connectivity index (χ0n) is 17.5. The molecule has 1 amide bonds. The lowest BCUT2D eigenvalue weighted by Gasteiger charge is -2.26. The fourth-order valence-electron chi connectivity index (χ4n) is 3.75. The number of hydrogen-bond acceptors (Lipinski definition) is 6. The van der Waals surface area contributed by atoms with Crippen molar-refractivity contribution in [3.8, 4) is 11.5 Å². The molecular weight excluding hydrogens is 424 g/mol. The summed E-state index contributed by atoms with van der Waals surface area (Å²) in [6.07, 6.45) is 2.63. The minimum absolute atomic E-state index is 0.00453. The molecule has 1 aromatic heterocycles. The molecule has 0 N–H and O–H groups in total. The highest BCUT2D eigenvalue weighted by Gasteiger charge is 2.30.